The molecule has 2 heteroatoms. The Morgan fingerprint density at radius 2 is 1.33 bits per heavy atom. The maximum absolute atomic E-state index is 2.58. The van der Waals surface area contributed by atoms with Crippen LogP contribution in [0, 0.1) is 0 Å². The van der Waals surface area contributed by atoms with E-state index in [0.29, 0.717) is 15.8 Å². The summed E-state index contributed by atoms with van der Waals surface area (Å²) in [6.07, 6.45) is 17.4. The third kappa shape index (κ3) is 3.98. The fourth-order valence-corrected chi connectivity index (χ4v) is 9.65. The average molecular weight is 244 g/mol. The van der Waals surface area contributed by atoms with Crippen molar-refractivity contribution in [2.45, 2.75) is 51.1 Å². The average Bonchev–Trinajstić information content (AvgIpc) is 2.31. The van der Waals surface area contributed by atoms with Crippen LogP contribution in [0.2, 0.25) is 0 Å². The SMILES string of the molecule is CC(CP1CCCCC1)P1CCCCC1. The van der Waals surface area contributed by atoms with Crippen LogP contribution in [0.15, 0.2) is 0 Å². The molecule has 0 aromatic carbocycles. The Labute approximate surface area is 98.1 Å². The highest BCUT2D eigenvalue weighted by molar-refractivity contribution is 7.62. The fraction of sp³-hybridized carbons (Fsp3) is 1.00. The molecule has 0 aliphatic carbocycles. The summed E-state index contributed by atoms with van der Waals surface area (Å²) < 4.78 is 0. The van der Waals surface area contributed by atoms with Crippen LogP contribution in [0.5, 0.6) is 0 Å². The van der Waals surface area contributed by atoms with Crippen LogP contribution in [-0.2, 0) is 0 Å². The summed E-state index contributed by atoms with van der Waals surface area (Å²) in [4.78, 5) is 0. The maximum Gasteiger partial charge on any atom is -0.0198 e. The van der Waals surface area contributed by atoms with Crippen molar-refractivity contribution in [2.24, 2.45) is 0 Å². The van der Waals surface area contributed by atoms with E-state index in [-0.39, 0.29) is 0 Å². The first-order chi connectivity index (χ1) is 7.36. The van der Waals surface area contributed by atoms with Crippen LogP contribution in [0.4, 0.5) is 0 Å². The number of hydrogen-bond acceptors (Lipinski definition) is 0. The Morgan fingerprint density at radius 3 is 1.93 bits per heavy atom. The zero-order valence-corrected chi connectivity index (χ0v) is 12.0. The van der Waals surface area contributed by atoms with E-state index in [1.807, 2.05) is 0 Å². The van der Waals surface area contributed by atoms with Crippen LogP contribution in [0.1, 0.15) is 45.4 Å². The zero-order chi connectivity index (χ0) is 10.5. The van der Waals surface area contributed by atoms with E-state index >= 15 is 0 Å². The summed E-state index contributed by atoms with van der Waals surface area (Å²) in [6.45, 7) is 2.58. The van der Waals surface area contributed by atoms with Crippen molar-refractivity contribution >= 4 is 15.8 Å². The maximum atomic E-state index is 2.58. The van der Waals surface area contributed by atoms with Crippen molar-refractivity contribution in [3.8, 4) is 0 Å². The fourth-order valence-electron chi connectivity index (χ4n) is 2.99. The molecular formula is C13H26P2. The van der Waals surface area contributed by atoms with Crippen LogP contribution >= 0.6 is 15.8 Å². The van der Waals surface area contributed by atoms with Gasteiger partial charge in [0, 0.05) is 0 Å². The standard InChI is InChI=1S/C13H26P2/c1-13(15-10-6-3-7-11-15)12-14-8-4-2-5-9-14/h13H,2-12H2,1H3. The van der Waals surface area contributed by atoms with Gasteiger partial charge in [-0.25, -0.2) is 0 Å². The first kappa shape index (κ1) is 12.3. The van der Waals surface area contributed by atoms with E-state index in [0.717, 1.165) is 5.66 Å². The smallest absolute Gasteiger partial charge is 0.0198 e. The third-order valence-corrected chi connectivity index (χ3v) is 10.4. The minimum absolute atomic E-state index is 0.458. The van der Waals surface area contributed by atoms with E-state index in [1.54, 1.807) is 56.5 Å². The minimum atomic E-state index is 0.458. The van der Waals surface area contributed by atoms with Gasteiger partial charge in [-0.2, -0.15) is 0 Å². The number of hydrogen-bond donors (Lipinski definition) is 0. The molecule has 2 aliphatic heterocycles. The minimum Gasteiger partial charge on any atom is -0.106 e. The molecule has 0 N–H and O–H groups in total. The summed E-state index contributed by atoms with van der Waals surface area (Å²) >= 11 is 0. The lowest BCUT2D eigenvalue weighted by atomic mass is 10.3. The molecule has 1 atom stereocenters. The second kappa shape index (κ2) is 6.56. The predicted molar refractivity (Wildman–Crippen MR) is 75.3 cm³/mol. The molecule has 0 radical (unpaired) electrons. The molecule has 0 aromatic heterocycles. The summed E-state index contributed by atoms with van der Waals surface area (Å²) in [7, 11) is 0.939. The van der Waals surface area contributed by atoms with Crippen molar-refractivity contribution < 1.29 is 0 Å². The Morgan fingerprint density at radius 1 is 0.800 bits per heavy atom. The van der Waals surface area contributed by atoms with Crippen LogP contribution < -0.4 is 0 Å². The van der Waals surface area contributed by atoms with E-state index in [2.05, 4.69) is 6.92 Å². The van der Waals surface area contributed by atoms with Crippen molar-refractivity contribution in [1.29, 1.82) is 0 Å². The lowest BCUT2D eigenvalue weighted by molar-refractivity contribution is 0.740. The molecule has 0 saturated carbocycles. The molecule has 1 unspecified atom stereocenters. The van der Waals surface area contributed by atoms with Crippen molar-refractivity contribution in [3.63, 3.8) is 0 Å². The number of rotatable bonds is 3. The van der Waals surface area contributed by atoms with Gasteiger partial charge in [-0.1, -0.05) is 19.8 Å². The summed E-state index contributed by atoms with van der Waals surface area (Å²) in [6, 6.07) is 0. The Kier molecular flexibility index (Phi) is 5.39. The van der Waals surface area contributed by atoms with Gasteiger partial charge in [-0.05, 0) is 62.2 Å². The van der Waals surface area contributed by atoms with E-state index in [9.17, 15) is 0 Å². The van der Waals surface area contributed by atoms with E-state index in [4.69, 9.17) is 0 Å². The van der Waals surface area contributed by atoms with E-state index < -0.39 is 0 Å². The first-order valence-electron chi connectivity index (χ1n) is 6.82. The predicted octanol–water partition coefficient (Wildman–Crippen LogP) is 4.71. The summed E-state index contributed by atoms with van der Waals surface area (Å²) in [5.41, 5.74) is 1.12. The second-order valence-electron chi connectivity index (χ2n) is 5.31. The van der Waals surface area contributed by atoms with Gasteiger partial charge in [0.25, 0.3) is 0 Å². The molecule has 2 saturated heterocycles. The largest absolute Gasteiger partial charge is 0.106 e. The molecule has 2 rings (SSSR count). The van der Waals surface area contributed by atoms with Crippen LogP contribution in [0.3, 0.4) is 0 Å². The Hall–Kier alpha value is 0.860. The Balaban J connectivity index is 1.72. The molecule has 0 amide bonds. The highest BCUT2D eigenvalue weighted by Gasteiger charge is 2.22. The van der Waals surface area contributed by atoms with Crippen LogP contribution in [0.25, 0.3) is 0 Å². The van der Waals surface area contributed by atoms with E-state index in [1.165, 1.54) is 12.8 Å². The first-order valence-corrected chi connectivity index (χ1v) is 10.5. The highest BCUT2D eigenvalue weighted by atomic mass is 31.1. The second-order valence-corrected chi connectivity index (χ2v) is 10.9. The monoisotopic (exact) mass is 244 g/mol. The lowest BCUT2D eigenvalue weighted by Gasteiger charge is -2.32. The van der Waals surface area contributed by atoms with Gasteiger partial charge >= 0.3 is 0 Å². The zero-order valence-electron chi connectivity index (χ0n) is 10.2. The Bertz CT molecular complexity index is 169. The van der Waals surface area contributed by atoms with Gasteiger partial charge in [-0.3, -0.25) is 0 Å². The normalized spacial score (nSPS) is 27.8. The van der Waals surface area contributed by atoms with Gasteiger partial charge in [0.15, 0.2) is 0 Å². The summed E-state index contributed by atoms with van der Waals surface area (Å²) in [5.74, 6) is 0. The van der Waals surface area contributed by atoms with Crippen molar-refractivity contribution in [2.75, 3.05) is 30.8 Å². The molecule has 0 bridgehead atoms. The van der Waals surface area contributed by atoms with Crippen molar-refractivity contribution in [3.05, 3.63) is 0 Å². The molecule has 0 aromatic rings. The van der Waals surface area contributed by atoms with Gasteiger partial charge in [0.1, 0.15) is 0 Å². The highest BCUT2D eigenvalue weighted by Crippen LogP contribution is 2.52. The molecule has 0 nitrogen and oxygen atoms in total. The molecule has 2 fully saturated rings. The van der Waals surface area contributed by atoms with Gasteiger partial charge in [0.2, 0.25) is 0 Å². The molecular weight excluding hydrogens is 218 g/mol. The van der Waals surface area contributed by atoms with Crippen molar-refractivity contribution in [1.82, 2.24) is 0 Å². The van der Waals surface area contributed by atoms with Gasteiger partial charge < -0.3 is 0 Å². The van der Waals surface area contributed by atoms with Gasteiger partial charge in [-0.15, -0.1) is 15.8 Å². The molecule has 2 heterocycles. The third-order valence-electron chi connectivity index (χ3n) is 3.99. The molecule has 15 heavy (non-hydrogen) atoms. The molecule has 2 aliphatic rings. The van der Waals surface area contributed by atoms with Gasteiger partial charge in [0.05, 0.1) is 0 Å². The molecule has 88 valence electrons. The quantitative estimate of drug-likeness (QED) is 0.631. The summed E-state index contributed by atoms with van der Waals surface area (Å²) in [5, 5.41) is 0. The lowest BCUT2D eigenvalue weighted by Crippen LogP contribution is -2.15. The topological polar surface area (TPSA) is 0 Å². The molecule has 0 spiro atoms. The van der Waals surface area contributed by atoms with Crippen LogP contribution in [-0.4, -0.2) is 36.5 Å².